The number of aromatic carboxylic acids is 1. The zero-order valence-electron chi connectivity index (χ0n) is 17.4. The number of carbonyl (C=O) groups is 2. The lowest BCUT2D eigenvalue weighted by molar-refractivity contribution is -0.384. The Kier molecular flexibility index (Phi) is 6.74. The molecule has 0 unspecified atom stereocenters. The molecule has 0 amide bonds. The smallest absolute Gasteiger partial charge is 0.340 e. The van der Waals surface area contributed by atoms with Crippen molar-refractivity contribution in [3.05, 3.63) is 98.9 Å². The summed E-state index contributed by atoms with van der Waals surface area (Å²) in [7, 11) is 0. The maximum Gasteiger partial charge on any atom is 0.340 e. The lowest BCUT2D eigenvalue weighted by atomic mass is 9.91. The molecule has 0 saturated heterocycles. The number of carbonyl (C=O) groups excluding carboxylic acids is 1. The fourth-order valence-electron chi connectivity index (χ4n) is 3.42. The summed E-state index contributed by atoms with van der Waals surface area (Å²) in [6, 6.07) is 15.1. The van der Waals surface area contributed by atoms with Crippen LogP contribution in [0.25, 0.3) is 17.2 Å². The largest absolute Gasteiger partial charge is 0.478 e. The number of nitro groups is 1. The third-order valence-electron chi connectivity index (χ3n) is 4.77. The number of carboxylic acid groups (broad SMARTS) is 1. The van der Waals surface area contributed by atoms with Crippen molar-refractivity contribution >= 4 is 23.7 Å². The molecule has 3 aromatic rings. The number of benzene rings is 2. The van der Waals surface area contributed by atoms with Crippen LogP contribution in [-0.2, 0) is 4.74 Å². The molecule has 0 radical (unpaired) electrons. The van der Waals surface area contributed by atoms with Crippen molar-refractivity contribution in [2.45, 2.75) is 13.8 Å². The summed E-state index contributed by atoms with van der Waals surface area (Å²) in [5.41, 5.74) is 0.499. The van der Waals surface area contributed by atoms with Gasteiger partial charge in [0.1, 0.15) is 6.61 Å². The van der Waals surface area contributed by atoms with Crippen LogP contribution < -0.4 is 0 Å². The number of ether oxygens (including phenoxy) is 1. The molecule has 0 bridgehead atoms. The van der Waals surface area contributed by atoms with Crippen LogP contribution in [0.3, 0.4) is 0 Å². The summed E-state index contributed by atoms with van der Waals surface area (Å²) in [6.45, 7) is 2.94. The van der Waals surface area contributed by atoms with Crippen molar-refractivity contribution in [3.63, 3.8) is 0 Å². The van der Waals surface area contributed by atoms with E-state index in [0.29, 0.717) is 0 Å². The zero-order valence-corrected chi connectivity index (χ0v) is 17.4. The molecular formula is C24H20N2O6. The Morgan fingerprint density at radius 2 is 1.66 bits per heavy atom. The van der Waals surface area contributed by atoms with Gasteiger partial charge in [-0.15, -0.1) is 0 Å². The number of nitrogens with zero attached hydrogens (tertiary/aromatic N) is 2. The first-order valence-electron chi connectivity index (χ1n) is 9.68. The first-order chi connectivity index (χ1) is 15.3. The Labute approximate surface area is 184 Å². The Bertz CT molecular complexity index is 1220. The third kappa shape index (κ3) is 4.70. The van der Waals surface area contributed by atoms with Gasteiger partial charge in [-0.1, -0.05) is 48.5 Å². The van der Waals surface area contributed by atoms with Crippen molar-refractivity contribution in [2.24, 2.45) is 0 Å². The maximum atomic E-state index is 13.0. The summed E-state index contributed by atoms with van der Waals surface area (Å²) in [6.07, 6.45) is 3.42. The Balaban J connectivity index is 2.07. The van der Waals surface area contributed by atoms with Gasteiger partial charge in [-0.25, -0.2) is 9.59 Å². The van der Waals surface area contributed by atoms with Gasteiger partial charge in [0, 0.05) is 11.6 Å². The van der Waals surface area contributed by atoms with Crippen LogP contribution in [0.1, 0.15) is 37.7 Å². The van der Waals surface area contributed by atoms with Gasteiger partial charge >= 0.3 is 11.9 Å². The van der Waals surface area contributed by atoms with E-state index in [0.717, 1.165) is 5.56 Å². The second-order valence-electron chi connectivity index (χ2n) is 6.90. The number of aromatic nitrogens is 1. The quantitative estimate of drug-likeness (QED) is 0.322. The minimum Gasteiger partial charge on any atom is -0.478 e. The van der Waals surface area contributed by atoms with E-state index in [1.165, 1.54) is 38.1 Å². The molecule has 0 fully saturated rings. The number of hydrogen-bond acceptors (Lipinski definition) is 6. The van der Waals surface area contributed by atoms with Crippen molar-refractivity contribution in [1.82, 2.24) is 4.98 Å². The molecule has 1 N–H and O–H groups in total. The topological polar surface area (TPSA) is 120 Å². The molecule has 2 aromatic carbocycles. The Hall–Kier alpha value is -4.33. The van der Waals surface area contributed by atoms with Crippen molar-refractivity contribution in [3.8, 4) is 11.1 Å². The predicted molar refractivity (Wildman–Crippen MR) is 119 cm³/mol. The Morgan fingerprint density at radius 3 is 2.31 bits per heavy atom. The van der Waals surface area contributed by atoms with Crippen LogP contribution in [0.4, 0.5) is 5.69 Å². The number of nitro benzene ring substituents is 1. The number of rotatable bonds is 7. The molecule has 0 aliphatic rings. The molecular weight excluding hydrogens is 412 g/mol. The van der Waals surface area contributed by atoms with Gasteiger partial charge in [0.15, 0.2) is 0 Å². The van der Waals surface area contributed by atoms with E-state index in [-0.39, 0.29) is 45.9 Å². The summed E-state index contributed by atoms with van der Waals surface area (Å²) in [4.78, 5) is 40.2. The van der Waals surface area contributed by atoms with E-state index in [2.05, 4.69) is 4.98 Å². The average Bonchev–Trinajstić information content (AvgIpc) is 2.76. The zero-order chi connectivity index (χ0) is 23.3. The van der Waals surface area contributed by atoms with Gasteiger partial charge < -0.3 is 9.84 Å². The van der Waals surface area contributed by atoms with E-state index in [4.69, 9.17) is 4.74 Å². The Morgan fingerprint density at radius 1 is 1.03 bits per heavy atom. The highest BCUT2D eigenvalue weighted by Gasteiger charge is 2.30. The minimum atomic E-state index is -1.35. The summed E-state index contributed by atoms with van der Waals surface area (Å²) >= 11 is 0. The van der Waals surface area contributed by atoms with Crippen molar-refractivity contribution in [2.75, 3.05) is 6.61 Å². The molecule has 0 aliphatic heterocycles. The van der Waals surface area contributed by atoms with Crippen LogP contribution >= 0.6 is 0 Å². The second-order valence-corrected chi connectivity index (χ2v) is 6.90. The molecule has 0 aliphatic carbocycles. The number of aryl methyl sites for hydroxylation is 2. The van der Waals surface area contributed by atoms with Crippen LogP contribution in [0.2, 0.25) is 0 Å². The highest BCUT2D eigenvalue weighted by molar-refractivity contribution is 6.07. The number of hydrogen-bond donors (Lipinski definition) is 1. The SMILES string of the molecule is Cc1nc(C)c(C(=O)OCC=Cc2ccccc2)c(-c2ccccc2[N+](=O)[O-])c1C(=O)O. The van der Waals surface area contributed by atoms with Gasteiger partial charge in [0.2, 0.25) is 0 Å². The second kappa shape index (κ2) is 9.65. The average molecular weight is 432 g/mol. The fourth-order valence-corrected chi connectivity index (χ4v) is 3.42. The first kappa shape index (κ1) is 22.4. The number of carboxylic acids is 1. The van der Waals surface area contributed by atoms with E-state index in [1.54, 1.807) is 12.2 Å². The first-order valence-corrected chi connectivity index (χ1v) is 9.68. The highest BCUT2D eigenvalue weighted by atomic mass is 16.6. The molecule has 1 heterocycles. The third-order valence-corrected chi connectivity index (χ3v) is 4.77. The molecule has 0 saturated carbocycles. The molecule has 8 heteroatoms. The number of pyridine rings is 1. The molecule has 162 valence electrons. The van der Waals surface area contributed by atoms with Gasteiger partial charge in [0.05, 0.1) is 33.0 Å². The summed E-state index contributed by atoms with van der Waals surface area (Å²) < 4.78 is 5.34. The fraction of sp³-hybridized carbons (Fsp3) is 0.125. The summed E-state index contributed by atoms with van der Waals surface area (Å²) in [5.74, 6) is -2.16. The minimum absolute atomic E-state index is 0.00952. The standard InChI is InChI=1S/C24H20N2O6/c1-15-20(23(27)28)22(18-12-6-7-13-19(18)26(30)31)21(16(2)25-15)24(29)32-14-8-11-17-9-4-3-5-10-17/h3-13H,14H2,1-2H3,(H,27,28). The van der Waals surface area contributed by atoms with Crippen molar-refractivity contribution in [1.29, 1.82) is 0 Å². The van der Waals surface area contributed by atoms with Crippen LogP contribution in [0.15, 0.2) is 60.7 Å². The number of para-hydroxylation sites is 1. The van der Waals surface area contributed by atoms with E-state index in [1.807, 2.05) is 30.3 Å². The molecule has 3 rings (SSSR count). The van der Waals surface area contributed by atoms with E-state index < -0.39 is 16.9 Å². The van der Waals surface area contributed by atoms with Gasteiger partial charge in [-0.05, 0) is 31.6 Å². The lowest BCUT2D eigenvalue weighted by Gasteiger charge is -2.16. The van der Waals surface area contributed by atoms with Crippen molar-refractivity contribution < 1.29 is 24.4 Å². The lowest BCUT2D eigenvalue weighted by Crippen LogP contribution is -2.16. The van der Waals surface area contributed by atoms with Crippen LogP contribution in [0.5, 0.6) is 0 Å². The van der Waals surface area contributed by atoms with E-state index >= 15 is 0 Å². The normalized spacial score (nSPS) is 10.8. The molecule has 8 nitrogen and oxygen atoms in total. The predicted octanol–water partition coefficient (Wildman–Crippen LogP) is 4.84. The van der Waals surface area contributed by atoms with Crippen LogP contribution in [-0.4, -0.2) is 33.6 Å². The van der Waals surface area contributed by atoms with E-state index in [9.17, 15) is 24.8 Å². The van der Waals surface area contributed by atoms with Gasteiger partial charge in [0.25, 0.3) is 5.69 Å². The summed E-state index contributed by atoms with van der Waals surface area (Å²) in [5, 5.41) is 21.4. The molecule has 0 spiro atoms. The number of esters is 1. The van der Waals surface area contributed by atoms with Gasteiger partial charge in [-0.3, -0.25) is 15.1 Å². The molecule has 0 atom stereocenters. The monoisotopic (exact) mass is 432 g/mol. The molecule has 1 aromatic heterocycles. The van der Waals surface area contributed by atoms with Crippen LogP contribution in [0, 0.1) is 24.0 Å². The maximum absolute atomic E-state index is 13.0. The van der Waals surface area contributed by atoms with Gasteiger partial charge in [-0.2, -0.15) is 0 Å². The highest BCUT2D eigenvalue weighted by Crippen LogP contribution is 2.37. The molecule has 32 heavy (non-hydrogen) atoms.